The normalized spacial score (nSPS) is 11.7. The number of amides is 1. The summed E-state index contributed by atoms with van der Waals surface area (Å²) in [4.78, 5) is 27.2. The zero-order valence-electron chi connectivity index (χ0n) is 26.9. The van der Waals surface area contributed by atoms with Gasteiger partial charge in [0.25, 0.3) is 5.91 Å². The first-order chi connectivity index (χ1) is 20.6. The van der Waals surface area contributed by atoms with Crippen LogP contribution in [0.5, 0.6) is 17.2 Å². The van der Waals surface area contributed by atoms with E-state index < -0.39 is 0 Å². The Kier molecular flexibility index (Phi) is 15.4. The molecule has 0 aliphatic carbocycles. The van der Waals surface area contributed by atoms with Crippen molar-refractivity contribution in [3.8, 4) is 17.2 Å². The Hall–Kier alpha value is -3.75. The lowest BCUT2D eigenvalue weighted by atomic mass is 10.1. The number of carbonyl (C=O) groups is 2. The maximum absolute atomic E-state index is 13.3. The van der Waals surface area contributed by atoms with Crippen molar-refractivity contribution in [1.29, 1.82) is 5.41 Å². The van der Waals surface area contributed by atoms with Crippen LogP contribution in [0.15, 0.2) is 42.5 Å². The van der Waals surface area contributed by atoms with Crippen LogP contribution >= 0.6 is 0 Å². The van der Waals surface area contributed by atoms with E-state index in [-0.39, 0.29) is 42.4 Å². The molecule has 0 radical (unpaired) electrons. The third-order valence-electron chi connectivity index (χ3n) is 6.76. The average molecular weight is 599 g/mol. The average Bonchev–Trinajstić information content (AvgIpc) is 2.97. The Labute approximate surface area is 257 Å². The van der Waals surface area contributed by atoms with Crippen LogP contribution < -0.4 is 14.2 Å². The summed E-state index contributed by atoms with van der Waals surface area (Å²) < 4.78 is 28.3. The van der Waals surface area contributed by atoms with E-state index in [0.29, 0.717) is 49.9 Å². The summed E-state index contributed by atoms with van der Waals surface area (Å²) in [6.45, 7) is 15.6. The van der Waals surface area contributed by atoms with Crippen molar-refractivity contribution in [2.75, 3.05) is 33.0 Å². The molecule has 9 heteroatoms. The van der Waals surface area contributed by atoms with Gasteiger partial charge in [-0.05, 0) is 110 Å². The van der Waals surface area contributed by atoms with Crippen LogP contribution in [0.3, 0.4) is 0 Å². The minimum absolute atomic E-state index is 0.0524. The minimum Gasteiger partial charge on any atom is -0.494 e. The van der Waals surface area contributed by atoms with Crippen molar-refractivity contribution >= 4 is 17.8 Å². The summed E-state index contributed by atoms with van der Waals surface area (Å²) in [7, 11) is 0. The molecule has 1 N–H and O–H groups in total. The fourth-order valence-corrected chi connectivity index (χ4v) is 4.52. The van der Waals surface area contributed by atoms with Gasteiger partial charge in [0.2, 0.25) is 5.90 Å². The number of rotatable bonds is 19. The summed E-state index contributed by atoms with van der Waals surface area (Å²) in [6.07, 6.45) is 3.08. The highest BCUT2D eigenvalue weighted by atomic mass is 16.5. The van der Waals surface area contributed by atoms with Gasteiger partial charge in [-0.3, -0.25) is 15.0 Å². The third-order valence-corrected chi connectivity index (χ3v) is 6.76. The molecule has 2 aromatic carbocycles. The van der Waals surface area contributed by atoms with Crippen molar-refractivity contribution in [1.82, 2.24) is 4.90 Å². The number of hydrogen-bond acceptors (Lipinski definition) is 8. The molecule has 0 spiro atoms. The highest BCUT2D eigenvalue weighted by Gasteiger charge is 2.23. The van der Waals surface area contributed by atoms with Gasteiger partial charge in [0.05, 0.1) is 39.0 Å². The maximum Gasteiger partial charge on any atom is 0.308 e. The molecule has 43 heavy (non-hydrogen) atoms. The standard InChI is InChI=1S/C34H50N2O7/c1-8-39-32(35)27-13-16-29(17-14-27)41-20-11-10-12-21-42-30-18-15-28(33(37)36(24(3)4)25(5)6)23-31(30)43-22-19-26(7)34(38)40-9-2/h13-18,23-26,35H,8-12,19-22H2,1-7H3. The van der Waals surface area contributed by atoms with Gasteiger partial charge < -0.3 is 28.6 Å². The van der Waals surface area contributed by atoms with Crippen molar-refractivity contribution in [2.45, 2.75) is 86.2 Å². The monoisotopic (exact) mass is 598 g/mol. The number of benzene rings is 2. The molecule has 1 atom stereocenters. The van der Waals surface area contributed by atoms with Crippen molar-refractivity contribution in [2.24, 2.45) is 5.92 Å². The lowest BCUT2D eigenvalue weighted by Gasteiger charge is -2.31. The van der Waals surface area contributed by atoms with Crippen LogP contribution in [-0.2, 0) is 14.3 Å². The molecule has 0 saturated carbocycles. The first-order valence-electron chi connectivity index (χ1n) is 15.4. The van der Waals surface area contributed by atoms with Gasteiger partial charge >= 0.3 is 5.97 Å². The molecule has 1 unspecified atom stereocenters. The second-order valence-corrected chi connectivity index (χ2v) is 10.9. The van der Waals surface area contributed by atoms with Gasteiger partial charge in [-0.25, -0.2) is 0 Å². The SMILES string of the molecule is CCOC(=N)c1ccc(OCCCCCOc2ccc(C(=O)N(C(C)C)C(C)C)cc2OCCC(C)C(=O)OCC)cc1. The van der Waals surface area contributed by atoms with E-state index in [2.05, 4.69) is 0 Å². The second-order valence-electron chi connectivity index (χ2n) is 10.9. The van der Waals surface area contributed by atoms with Crippen LogP contribution in [0.2, 0.25) is 0 Å². The van der Waals surface area contributed by atoms with Crippen LogP contribution in [0.4, 0.5) is 0 Å². The zero-order valence-corrected chi connectivity index (χ0v) is 26.9. The second kappa shape index (κ2) is 18.7. The number of unbranched alkanes of at least 4 members (excludes halogenated alkanes) is 2. The molecule has 1 amide bonds. The molecule has 238 valence electrons. The van der Waals surface area contributed by atoms with Crippen LogP contribution in [0.25, 0.3) is 0 Å². The van der Waals surface area contributed by atoms with Crippen LogP contribution in [0, 0.1) is 11.3 Å². The van der Waals surface area contributed by atoms with Crippen molar-refractivity contribution < 1.29 is 33.3 Å². The Morgan fingerprint density at radius 3 is 1.91 bits per heavy atom. The molecule has 0 aliphatic heterocycles. The summed E-state index contributed by atoms with van der Waals surface area (Å²) in [5.41, 5.74) is 1.25. The van der Waals surface area contributed by atoms with Crippen LogP contribution in [0.1, 0.15) is 90.1 Å². The molecule has 0 saturated heterocycles. The summed E-state index contributed by atoms with van der Waals surface area (Å²) in [5, 5.41) is 7.85. The van der Waals surface area contributed by atoms with E-state index in [1.54, 1.807) is 25.1 Å². The molecule has 0 fully saturated rings. The topological polar surface area (TPSA) is 107 Å². The highest BCUT2D eigenvalue weighted by Crippen LogP contribution is 2.30. The van der Waals surface area contributed by atoms with E-state index in [4.69, 9.17) is 29.1 Å². The van der Waals surface area contributed by atoms with E-state index in [1.807, 2.05) is 70.7 Å². The third kappa shape index (κ3) is 11.8. The number of nitrogens with zero attached hydrogens (tertiary/aromatic N) is 1. The van der Waals surface area contributed by atoms with E-state index in [9.17, 15) is 9.59 Å². The minimum atomic E-state index is -0.296. The Bertz CT molecular complexity index is 1140. The smallest absolute Gasteiger partial charge is 0.308 e. The molecule has 0 aliphatic rings. The number of carbonyl (C=O) groups excluding carboxylic acids is 2. The molecule has 0 bridgehead atoms. The van der Waals surface area contributed by atoms with Gasteiger partial charge in [0.1, 0.15) is 5.75 Å². The number of ether oxygens (including phenoxy) is 5. The van der Waals surface area contributed by atoms with E-state index in [0.717, 1.165) is 30.6 Å². The van der Waals surface area contributed by atoms with Crippen molar-refractivity contribution in [3.05, 3.63) is 53.6 Å². The summed E-state index contributed by atoms with van der Waals surface area (Å²) in [6, 6.07) is 12.7. The highest BCUT2D eigenvalue weighted by molar-refractivity contribution is 5.95. The Balaban J connectivity index is 1.93. The van der Waals surface area contributed by atoms with Gasteiger partial charge in [-0.1, -0.05) is 6.92 Å². The van der Waals surface area contributed by atoms with E-state index in [1.165, 1.54) is 0 Å². The number of hydrogen-bond donors (Lipinski definition) is 1. The molecule has 0 aromatic heterocycles. The fraction of sp³-hybridized carbons (Fsp3) is 0.559. The largest absolute Gasteiger partial charge is 0.494 e. The predicted octanol–water partition coefficient (Wildman–Crippen LogP) is 6.90. The van der Waals surface area contributed by atoms with Gasteiger partial charge in [-0.2, -0.15) is 0 Å². The molecule has 0 heterocycles. The van der Waals surface area contributed by atoms with Gasteiger partial charge in [0, 0.05) is 23.2 Å². The number of esters is 1. The molecule has 2 rings (SSSR count). The Morgan fingerprint density at radius 2 is 1.30 bits per heavy atom. The number of nitrogens with one attached hydrogen (secondary N) is 1. The zero-order chi connectivity index (χ0) is 31.8. The molecule has 9 nitrogen and oxygen atoms in total. The lowest BCUT2D eigenvalue weighted by molar-refractivity contribution is -0.147. The fourth-order valence-electron chi connectivity index (χ4n) is 4.52. The quantitative estimate of drug-likeness (QED) is 0.0811. The van der Waals surface area contributed by atoms with Gasteiger partial charge in [0.15, 0.2) is 11.5 Å². The molecule has 2 aromatic rings. The van der Waals surface area contributed by atoms with Crippen molar-refractivity contribution in [3.63, 3.8) is 0 Å². The van der Waals surface area contributed by atoms with Gasteiger partial charge in [-0.15, -0.1) is 0 Å². The summed E-state index contributed by atoms with van der Waals surface area (Å²) in [5.74, 6) is 1.35. The van der Waals surface area contributed by atoms with E-state index >= 15 is 0 Å². The maximum atomic E-state index is 13.3. The lowest BCUT2D eigenvalue weighted by Crippen LogP contribution is -2.42. The predicted molar refractivity (Wildman–Crippen MR) is 169 cm³/mol. The first kappa shape index (κ1) is 35.4. The Morgan fingerprint density at radius 1 is 0.721 bits per heavy atom. The van der Waals surface area contributed by atoms with Crippen LogP contribution in [-0.4, -0.2) is 67.8 Å². The summed E-state index contributed by atoms with van der Waals surface area (Å²) >= 11 is 0. The molecular weight excluding hydrogens is 548 g/mol. The first-order valence-corrected chi connectivity index (χ1v) is 15.4. The molecular formula is C34H50N2O7.